The number of nitrogens with two attached hydrogens (primary N) is 1. The molecule has 0 bridgehead atoms. The molecule has 0 fully saturated rings. The molecule has 0 heterocycles. The van der Waals surface area contributed by atoms with Crippen LogP contribution in [0.1, 0.15) is 31.4 Å². The largest absolute Gasteiger partial charge is 0.497 e. The highest BCUT2D eigenvalue weighted by molar-refractivity contribution is 5.46. The Morgan fingerprint density at radius 1 is 1.21 bits per heavy atom. The van der Waals surface area contributed by atoms with Gasteiger partial charge in [-0.25, -0.2) is 0 Å². The van der Waals surface area contributed by atoms with Gasteiger partial charge >= 0.3 is 0 Å². The Balaban J connectivity index is 2.88. The van der Waals surface area contributed by atoms with Crippen molar-refractivity contribution in [2.75, 3.05) is 20.8 Å². The van der Waals surface area contributed by atoms with Crippen molar-refractivity contribution < 1.29 is 9.47 Å². The van der Waals surface area contributed by atoms with Crippen molar-refractivity contribution in [3.05, 3.63) is 23.3 Å². The minimum absolute atomic E-state index is 0.0200. The van der Waals surface area contributed by atoms with Crippen molar-refractivity contribution in [3.8, 4) is 11.5 Å². The second-order valence-corrected chi connectivity index (χ2v) is 5.40. The maximum absolute atomic E-state index is 5.63. The van der Waals surface area contributed by atoms with Gasteiger partial charge in [-0.05, 0) is 45.4 Å². The molecule has 3 N–H and O–H groups in total. The Kier molecular flexibility index (Phi) is 5.63. The van der Waals surface area contributed by atoms with Crippen LogP contribution in [0.25, 0.3) is 0 Å². The van der Waals surface area contributed by atoms with E-state index in [1.165, 1.54) is 0 Å². The number of hydrogen-bond acceptors (Lipinski definition) is 4. The van der Waals surface area contributed by atoms with Gasteiger partial charge in [-0.15, -0.1) is 0 Å². The first kappa shape index (κ1) is 15.8. The van der Waals surface area contributed by atoms with Crippen molar-refractivity contribution in [2.45, 2.75) is 39.3 Å². The zero-order valence-electron chi connectivity index (χ0n) is 12.7. The third-order valence-electron chi connectivity index (χ3n) is 3.37. The molecule has 19 heavy (non-hydrogen) atoms. The van der Waals surface area contributed by atoms with Crippen LogP contribution in [0, 0.1) is 6.92 Å². The van der Waals surface area contributed by atoms with E-state index in [1.807, 2.05) is 12.1 Å². The molecule has 4 nitrogen and oxygen atoms in total. The summed E-state index contributed by atoms with van der Waals surface area (Å²) in [6.07, 6.45) is 0.935. The minimum atomic E-state index is 0.0200. The van der Waals surface area contributed by atoms with E-state index in [0.29, 0.717) is 6.54 Å². The molecule has 0 radical (unpaired) electrons. The van der Waals surface area contributed by atoms with Crippen molar-refractivity contribution in [3.63, 3.8) is 0 Å². The van der Waals surface area contributed by atoms with Gasteiger partial charge in [0.1, 0.15) is 11.5 Å². The van der Waals surface area contributed by atoms with Gasteiger partial charge in [0, 0.05) is 23.7 Å². The first-order valence-corrected chi connectivity index (χ1v) is 6.60. The van der Waals surface area contributed by atoms with Crippen LogP contribution >= 0.6 is 0 Å². The van der Waals surface area contributed by atoms with Crippen LogP contribution < -0.4 is 20.5 Å². The van der Waals surface area contributed by atoms with Gasteiger partial charge in [-0.1, -0.05) is 0 Å². The molecule has 0 aliphatic rings. The third-order valence-corrected chi connectivity index (χ3v) is 3.37. The molecule has 0 saturated carbocycles. The summed E-state index contributed by atoms with van der Waals surface area (Å²) in [5.41, 5.74) is 7.97. The van der Waals surface area contributed by atoms with E-state index < -0.39 is 0 Å². The van der Waals surface area contributed by atoms with Gasteiger partial charge in [0.25, 0.3) is 0 Å². The summed E-state index contributed by atoms with van der Waals surface area (Å²) in [6, 6.07) is 3.94. The first-order chi connectivity index (χ1) is 8.93. The molecule has 0 spiro atoms. The molecule has 0 saturated heterocycles. The topological polar surface area (TPSA) is 56.5 Å². The second-order valence-electron chi connectivity index (χ2n) is 5.40. The van der Waals surface area contributed by atoms with Crippen LogP contribution in [0.3, 0.4) is 0 Å². The van der Waals surface area contributed by atoms with Gasteiger partial charge in [-0.3, -0.25) is 0 Å². The standard InChI is InChI=1S/C15H26N2O2/c1-11-8-12(18-4)9-14(19-5)13(11)10-17-15(2,3)6-7-16/h8-9,17H,6-7,10,16H2,1-5H3. The number of rotatable bonds is 7. The molecular formula is C15H26N2O2. The molecule has 1 rings (SSSR count). The van der Waals surface area contributed by atoms with E-state index in [-0.39, 0.29) is 5.54 Å². The molecule has 0 aromatic heterocycles. The molecule has 1 aromatic rings. The normalized spacial score (nSPS) is 11.5. The van der Waals surface area contributed by atoms with Crippen LogP contribution in [-0.4, -0.2) is 26.3 Å². The Bertz CT molecular complexity index is 417. The molecular weight excluding hydrogens is 240 g/mol. The fourth-order valence-electron chi connectivity index (χ4n) is 2.06. The van der Waals surface area contributed by atoms with Crippen LogP contribution in [0.15, 0.2) is 12.1 Å². The summed E-state index contributed by atoms with van der Waals surface area (Å²) in [7, 11) is 3.35. The maximum atomic E-state index is 5.63. The number of benzene rings is 1. The Labute approximate surface area is 116 Å². The monoisotopic (exact) mass is 266 g/mol. The lowest BCUT2D eigenvalue weighted by Gasteiger charge is -2.27. The van der Waals surface area contributed by atoms with Crippen molar-refractivity contribution >= 4 is 0 Å². The Morgan fingerprint density at radius 2 is 1.89 bits per heavy atom. The SMILES string of the molecule is COc1cc(C)c(CNC(C)(C)CCN)c(OC)c1. The average Bonchev–Trinajstić information content (AvgIpc) is 2.36. The Hall–Kier alpha value is -1.26. The summed E-state index contributed by atoms with van der Waals surface area (Å²) in [5, 5.41) is 3.53. The summed E-state index contributed by atoms with van der Waals surface area (Å²) in [4.78, 5) is 0. The van der Waals surface area contributed by atoms with Gasteiger partial charge < -0.3 is 20.5 Å². The van der Waals surface area contributed by atoms with E-state index >= 15 is 0 Å². The van der Waals surface area contributed by atoms with Crippen molar-refractivity contribution in [1.82, 2.24) is 5.32 Å². The van der Waals surface area contributed by atoms with E-state index in [1.54, 1.807) is 14.2 Å². The molecule has 0 unspecified atom stereocenters. The van der Waals surface area contributed by atoms with Gasteiger partial charge in [0.15, 0.2) is 0 Å². The van der Waals surface area contributed by atoms with Gasteiger partial charge in [-0.2, -0.15) is 0 Å². The van der Waals surface area contributed by atoms with Crippen LogP contribution in [0.2, 0.25) is 0 Å². The molecule has 0 atom stereocenters. The highest BCUT2D eigenvalue weighted by Gasteiger charge is 2.17. The van der Waals surface area contributed by atoms with Crippen molar-refractivity contribution in [2.24, 2.45) is 5.73 Å². The number of methoxy groups -OCH3 is 2. The quantitative estimate of drug-likeness (QED) is 0.794. The van der Waals surface area contributed by atoms with Crippen molar-refractivity contribution in [1.29, 1.82) is 0 Å². The molecule has 4 heteroatoms. The predicted molar refractivity (Wildman–Crippen MR) is 78.9 cm³/mol. The number of nitrogens with one attached hydrogen (secondary N) is 1. The second kappa shape index (κ2) is 6.78. The number of aryl methyl sites for hydroxylation is 1. The highest BCUT2D eigenvalue weighted by Crippen LogP contribution is 2.28. The van der Waals surface area contributed by atoms with Crippen LogP contribution in [0.4, 0.5) is 0 Å². The number of hydrogen-bond donors (Lipinski definition) is 2. The molecule has 108 valence electrons. The average molecular weight is 266 g/mol. The lowest BCUT2D eigenvalue weighted by Crippen LogP contribution is -2.40. The smallest absolute Gasteiger partial charge is 0.127 e. The van der Waals surface area contributed by atoms with E-state index in [9.17, 15) is 0 Å². The Morgan fingerprint density at radius 3 is 2.42 bits per heavy atom. The van der Waals surface area contributed by atoms with Crippen LogP contribution in [0.5, 0.6) is 11.5 Å². The highest BCUT2D eigenvalue weighted by atomic mass is 16.5. The molecule has 0 aliphatic heterocycles. The fourth-order valence-corrected chi connectivity index (χ4v) is 2.06. The lowest BCUT2D eigenvalue weighted by molar-refractivity contribution is 0.354. The zero-order valence-corrected chi connectivity index (χ0v) is 12.7. The summed E-state index contributed by atoms with van der Waals surface area (Å²) in [6.45, 7) is 7.82. The first-order valence-electron chi connectivity index (χ1n) is 6.60. The van der Waals surface area contributed by atoms with E-state index in [2.05, 4.69) is 26.1 Å². The maximum Gasteiger partial charge on any atom is 0.127 e. The van der Waals surface area contributed by atoms with Gasteiger partial charge in [0.2, 0.25) is 0 Å². The minimum Gasteiger partial charge on any atom is -0.497 e. The van der Waals surface area contributed by atoms with Gasteiger partial charge in [0.05, 0.1) is 14.2 Å². The fraction of sp³-hybridized carbons (Fsp3) is 0.600. The summed E-state index contributed by atoms with van der Waals surface area (Å²) < 4.78 is 10.7. The lowest BCUT2D eigenvalue weighted by atomic mass is 9.99. The van der Waals surface area contributed by atoms with E-state index in [4.69, 9.17) is 15.2 Å². The predicted octanol–water partition coefficient (Wildman–Crippen LogP) is 2.23. The summed E-state index contributed by atoms with van der Waals surface area (Å²) in [5.74, 6) is 1.67. The zero-order chi connectivity index (χ0) is 14.5. The molecule has 1 aromatic carbocycles. The molecule has 0 aliphatic carbocycles. The summed E-state index contributed by atoms with van der Waals surface area (Å²) >= 11 is 0. The molecule has 0 amide bonds. The van der Waals surface area contributed by atoms with E-state index in [0.717, 1.165) is 35.6 Å². The third kappa shape index (κ3) is 4.40. The van der Waals surface area contributed by atoms with Crippen LogP contribution in [-0.2, 0) is 6.54 Å². The number of ether oxygens (including phenoxy) is 2.